The Morgan fingerprint density at radius 1 is 1.46 bits per heavy atom. The Balaban J connectivity index is 2.45. The van der Waals surface area contributed by atoms with Crippen LogP contribution in [0.25, 0.3) is 10.9 Å². The molecule has 3 N–H and O–H groups in total. The zero-order chi connectivity index (χ0) is 19.5. The summed E-state index contributed by atoms with van der Waals surface area (Å²) >= 11 is 6.67. The molecule has 1 heterocycles. The molecule has 0 aliphatic carbocycles. The molecular formula is C14H14ClF3N2O5S. The van der Waals surface area contributed by atoms with Gasteiger partial charge in [0.15, 0.2) is 0 Å². The second kappa shape index (κ2) is 8.44. The molecule has 0 saturated heterocycles. The predicted octanol–water partition coefficient (Wildman–Crippen LogP) is 2.37. The van der Waals surface area contributed by atoms with Crippen LogP contribution in [0, 0.1) is 0 Å². The summed E-state index contributed by atoms with van der Waals surface area (Å²) in [7, 11) is 1.40. The lowest BCUT2D eigenvalue weighted by Gasteiger charge is -2.16. The number of nitrogens with zero attached hydrogens (tertiary/aromatic N) is 1. The lowest BCUT2D eigenvalue weighted by atomic mass is 10.1. The largest absolute Gasteiger partial charge is 0.493 e. The summed E-state index contributed by atoms with van der Waals surface area (Å²) in [6.45, 7) is -0.166. The summed E-state index contributed by atoms with van der Waals surface area (Å²) in [6.07, 6.45) is -5.82. The molecule has 2 rings (SSSR count). The minimum Gasteiger partial charge on any atom is -0.493 e. The molecule has 7 nitrogen and oxygen atoms in total. The van der Waals surface area contributed by atoms with Gasteiger partial charge in [0.1, 0.15) is 6.79 Å². The number of aliphatic hydroxyl groups is 1. The number of hydrogen-bond donors (Lipinski definition) is 3. The highest BCUT2D eigenvalue weighted by Gasteiger charge is 2.36. The number of rotatable bonds is 7. The molecule has 12 heteroatoms. The average Bonchev–Trinajstić information content (AvgIpc) is 2.52. The van der Waals surface area contributed by atoms with Gasteiger partial charge in [-0.2, -0.15) is 18.2 Å². The summed E-state index contributed by atoms with van der Waals surface area (Å²) in [6, 6.07) is 0.609. The van der Waals surface area contributed by atoms with Gasteiger partial charge in [-0.05, 0) is 6.07 Å². The number of aromatic amines is 1. The van der Waals surface area contributed by atoms with E-state index in [1.165, 1.54) is 7.11 Å². The third-order valence-electron chi connectivity index (χ3n) is 3.14. The lowest BCUT2D eigenvalue weighted by Crippen LogP contribution is -2.19. The molecular weight excluding hydrogens is 401 g/mol. The third kappa shape index (κ3) is 4.80. The van der Waals surface area contributed by atoms with Gasteiger partial charge in [-0.1, -0.05) is 11.6 Å². The predicted molar refractivity (Wildman–Crippen MR) is 88.6 cm³/mol. The number of nitrogens with one attached hydrogen (secondary N) is 1. The number of aliphatic hydroxyl groups excluding tert-OH is 1. The monoisotopic (exact) mass is 414 g/mol. The number of ether oxygens (including phenoxy) is 2. The van der Waals surface area contributed by atoms with Gasteiger partial charge in [0, 0.05) is 12.9 Å². The van der Waals surface area contributed by atoms with E-state index in [4.69, 9.17) is 16.3 Å². The van der Waals surface area contributed by atoms with Gasteiger partial charge in [-0.3, -0.25) is 0 Å². The molecule has 0 aliphatic heterocycles. The highest BCUT2D eigenvalue weighted by atomic mass is 35.5. The lowest BCUT2D eigenvalue weighted by molar-refractivity contribution is -0.137. The summed E-state index contributed by atoms with van der Waals surface area (Å²) in [5, 5.41) is 18.6. The van der Waals surface area contributed by atoms with Crippen molar-refractivity contribution in [2.75, 3.05) is 26.3 Å². The number of hydrogen-bond acceptors (Lipinski definition) is 7. The number of H-pyrrole nitrogens is 1. The van der Waals surface area contributed by atoms with Crippen LogP contribution < -0.4 is 5.69 Å². The Kier molecular flexibility index (Phi) is 6.74. The maximum atomic E-state index is 13.2. The van der Waals surface area contributed by atoms with E-state index >= 15 is 0 Å². The van der Waals surface area contributed by atoms with Crippen LogP contribution in [0.4, 0.5) is 13.2 Å². The highest BCUT2D eigenvalue weighted by Crippen LogP contribution is 2.44. The minimum atomic E-state index is -4.79. The van der Waals surface area contributed by atoms with Gasteiger partial charge in [0.05, 0.1) is 39.1 Å². The first kappa shape index (κ1) is 20.8. The van der Waals surface area contributed by atoms with Crippen LogP contribution in [0.1, 0.15) is 5.56 Å². The van der Waals surface area contributed by atoms with E-state index in [-0.39, 0.29) is 35.0 Å². The van der Waals surface area contributed by atoms with Gasteiger partial charge in [0.2, 0.25) is 5.88 Å². The Morgan fingerprint density at radius 2 is 2.15 bits per heavy atom. The van der Waals surface area contributed by atoms with Gasteiger partial charge in [-0.25, -0.2) is 4.79 Å². The molecule has 0 aliphatic rings. The molecule has 0 spiro atoms. The number of thioether (sulfide) groups is 1. The zero-order valence-electron chi connectivity index (χ0n) is 13.3. The molecule has 1 aromatic heterocycles. The maximum absolute atomic E-state index is 13.2. The van der Waals surface area contributed by atoms with Crippen LogP contribution in [0.15, 0.2) is 15.8 Å². The first-order chi connectivity index (χ1) is 12.1. The number of aromatic nitrogens is 2. The maximum Gasteiger partial charge on any atom is 0.417 e. The number of benzene rings is 1. The molecule has 0 radical (unpaired) electrons. The van der Waals surface area contributed by atoms with E-state index in [0.717, 1.165) is 11.8 Å². The molecule has 0 bridgehead atoms. The van der Waals surface area contributed by atoms with Crippen molar-refractivity contribution in [2.45, 2.75) is 17.2 Å². The van der Waals surface area contributed by atoms with E-state index in [1.54, 1.807) is 0 Å². The molecule has 1 atom stereocenters. The molecule has 26 heavy (non-hydrogen) atoms. The second-order valence-electron chi connectivity index (χ2n) is 5.10. The van der Waals surface area contributed by atoms with Crippen molar-refractivity contribution in [3.05, 3.63) is 27.1 Å². The molecule has 144 valence electrons. The van der Waals surface area contributed by atoms with Crippen molar-refractivity contribution in [1.82, 2.24) is 9.97 Å². The summed E-state index contributed by atoms with van der Waals surface area (Å²) in [4.78, 5) is 16.8. The Labute approximate surface area is 154 Å². The topological polar surface area (TPSA) is 105 Å². The third-order valence-corrected chi connectivity index (χ3v) is 4.89. The number of aromatic hydroxyl groups is 1. The van der Waals surface area contributed by atoms with Crippen molar-refractivity contribution < 1.29 is 32.9 Å². The van der Waals surface area contributed by atoms with E-state index < -0.39 is 34.4 Å². The van der Waals surface area contributed by atoms with E-state index in [2.05, 4.69) is 14.7 Å². The quantitative estimate of drug-likeness (QED) is 0.363. The van der Waals surface area contributed by atoms with Crippen molar-refractivity contribution in [1.29, 1.82) is 0 Å². The van der Waals surface area contributed by atoms with Gasteiger partial charge >= 0.3 is 11.9 Å². The van der Waals surface area contributed by atoms with Crippen molar-refractivity contribution in [2.24, 2.45) is 0 Å². The Morgan fingerprint density at radius 3 is 2.77 bits per heavy atom. The van der Waals surface area contributed by atoms with Crippen LogP contribution in [-0.2, 0) is 15.7 Å². The molecule has 0 fully saturated rings. The molecule has 2 aromatic rings. The van der Waals surface area contributed by atoms with Crippen molar-refractivity contribution in [3.63, 3.8) is 0 Å². The van der Waals surface area contributed by atoms with Gasteiger partial charge in [-0.15, -0.1) is 11.8 Å². The van der Waals surface area contributed by atoms with E-state index in [0.29, 0.717) is 6.07 Å². The SMILES string of the molecule is COCOCC(O)CSc1c(Cl)c(C(F)(F)F)cc2c(O)nc(=O)[nH]c12. The fourth-order valence-corrected chi connectivity index (χ4v) is 3.48. The first-order valence-electron chi connectivity index (χ1n) is 7.05. The standard InChI is InChI=1S/C14H14ClF3N2O5S/c1-24-5-25-3-6(21)4-26-11-9(15)8(14(16,17)18)2-7-10(11)19-13(23)20-12(7)22/h2,6,21H,3-5H2,1H3,(H2,19,20,22,23). The molecule has 0 amide bonds. The van der Waals surface area contributed by atoms with Crippen LogP contribution in [0.3, 0.4) is 0 Å². The fourth-order valence-electron chi connectivity index (χ4n) is 2.06. The van der Waals surface area contributed by atoms with Crippen LogP contribution in [-0.4, -0.2) is 52.5 Å². The Bertz CT molecular complexity index is 846. The zero-order valence-corrected chi connectivity index (χ0v) is 14.8. The summed E-state index contributed by atoms with van der Waals surface area (Å²) in [5.74, 6) is -0.929. The summed E-state index contributed by atoms with van der Waals surface area (Å²) in [5.41, 5.74) is -2.24. The fraction of sp³-hybridized carbons (Fsp3) is 0.429. The van der Waals surface area contributed by atoms with Crippen LogP contribution in [0.2, 0.25) is 5.02 Å². The minimum absolute atomic E-state index is 0.0537. The number of halogens is 4. The number of fused-ring (bicyclic) bond motifs is 1. The number of methoxy groups -OCH3 is 1. The molecule has 1 unspecified atom stereocenters. The molecule has 1 aromatic carbocycles. The first-order valence-corrected chi connectivity index (χ1v) is 8.41. The van der Waals surface area contributed by atoms with E-state index in [1.807, 2.05) is 0 Å². The van der Waals surface area contributed by atoms with Crippen molar-refractivity contribution in [3.8, 4) is 5.88 Å². The van der Waals surface area contributed by atoms with Crippen LogP contribution >= 0.6 is 23.4 Å². The normalized spacial score (nSPS) is 13.3. The van der Waals surface area contributed by atoms with Gasteiger partial charge in [0.25, 0.3) is 0 Å². The van der Waals surface area contributed by atoms with Crippen LogP contribution in [0.5, 0.6) is 5.88 Å². The van der Waals surface area contributed by atoms with Gasteiger partial charge < -0.3 is 24.7 Å². The number of alkyl halides is 3. The summed E-state index contributed by atoms with van der Waals surface area (Å²) < 4.78 is 49.3. The highest BCUT2D eigenvalue weighted by molar-refractivity contribution is 7.99. The van der Waals surface area contributed by atoms with Crippen molar-refractivity contribution >= 4 is 34.3 Å². The Hall–Kier alpha value is -1.53. The van der Waals surface area contributed by atoms with E-state index in [9.17, 15) is 28.2 Å². The second-order valence-corrected chi connectivity index (χ2v) is 6.50. The molecule has 0 saturated carbocycles. The average molecular weight is 415 g/mol. The smallest absolute Gasteiger partial charge is 0.417 e.